The van der Waals surface area contributed by atoms with E-state index in [0.717, 1.165) is 12.8 Å². The summed E-state index contributed by atoms with van der Waals surface area (Å²) >= 11 is 0. The van der Waals surface area contributed by atoms with Gasteiger partial charge < -0.3 is 55.0 Å². The first-order valence-corrected chi connectivity index (χ1v) is 45.6. The number of ether oxygens (including phenoxy) is 2. The molecule has 0 fully saturated rings. The molecule has 0 rings (SSSR count). The number of nitrogens with one attached hydrogen (secondary N) is 2. The summed E-state index contributed by atoms with van der Waals surface area (Å²) in [7, 11) is -17.0. The number of amides is 2. The van der Waals surface area contributed by atoms with Gasteiger partial charge in [0.1, 0.15) is 0 Å². The van der Waals surface area contributed by atoms with Crippen molar-refractivity contribution < 1.29 is 54.0 Å². The molecule has 2 amide bonds. The highest BCUT2D eigenvalue weighted by Gasteiger charge is 2.51. The molecule has 60 heavy (non-hydrogen) atoms. The van der Waals surface area contributed by atoms with Crippen LogP contribution in [0.3, 0.4) is 0 Å². The standard InChI is InChI=1S/2C19H45NO6Si4/c2*1-17(2)19(22)20-15-18(21)16-23-13-12-14-30(24-27(3,4)5,25-28(6,7)8)26-29(9,10)11/h2*18,21H,1,12-16H2,2-11H3,(H,20,22). The third-order valence-electron chi connectivity index (χ3n) is 6.71. The van der Waals surface area contributed by atoms with Crippen molar-refractivity contribution in [3.63, 3.8) is 0 Å². The number of aliphatic hydroxyl groups excluding tert-OH is 2. The van der Waals surface area contributed by atoms with Crippen LogP contribution in [-0.4, -0.2) is 141 Å². The van der Waals surface area contributed by atoms with Crippen molar-refractivity contribution in [1.29, 1.82) is 0 Å². The molecule has 0 aliphatic rings. The molecule has 0 bridgehead atoms. The van der Waals surface area contributed by atoms with Crippen LogP contribution >= 0.6 is 0 Å². The second-order valence-electron chi connectivity index (χ2n) is 21.3. The van der Waals surface area contributed by atoms with Gasteiger partial charge in [-0.3, -0.25) is 9.59 Å². The van der Waals surface area contributed by atoms with Crippen LogP contribution in [0.4, 0.5) is 0 Å². The molecule has 0 aromatic heterocycles. The first-order chi connectivity index (χ1) is 26.7. The quantitative estimate of drug-likeness (QED) is 0.0312. The van der Waals surface area contributed by atoms with E-state index in [0.29, 0.717) is 36.4 Å². The van der Waals surface area contributed by atoms with E-state index in [1.807, 2.05) is 0 Å². The molecule has 0 aliphatic heterocycles. The first kappa shape index (κ1) is 61.8. The Labute approximate surface area is 374 Å². The van der Waals surface area contributed by atoms with Crippen LogP contribution in [0, 0.1) is 0 Å². The number of carbonyl (C=O) groups excluding carboxylic acids is 2. The predicted molar refractivity (Wildman–Crippen MR) is 266 cm³/mol. The topological polar surface area (TPSA) is 172 Å². The summed E-state index contributed by atoms with van der Waals surface area (Å²) in [5.41, 5.74) is 0.827. The van der Waals surface area contributed by atoms with Crippen LogP contribution in [0.25, 0.3) is 0 Å². The smallest absolute Gasteiger partial charge is 0.417 e. The predicted octanol–water partition coefficient (Wildman–Crippen LogP) is 7.88. The molecular weight excluding hydrogens is 901 g/mol. The van der Waals surface area contributed by atoms with Gasteiger partial charge in [0.2, 0.25) is 11.8 Å². The lowest BCUT2D eigenvalue weighted by Gasteiger charge is -2.43. The summed E-state index contributed by atoms with van der Waals surface area (Å²) in [6.45, 7) is 51.0. The van der Waals surface area contributed by atoms with E-state index in [1.165, 1.54) is 0 Å². The number of hydrogen-bond donors (Lipinski definition) is 4. The van der Waals surface area contributed by atoms with Gasteiger partial charge >= 0.3 is 17.6 Å². The number of carbonyl (C=O) groups is 2. The minimum absolute atomic E-state index is 0.139. The lowest BCUT2D eigenvalue weighted by molar-refractivity contribution is -0.118. The molecule has 0 spiro atoms. The van der Waals surface area contributed by atoms with E-state index in [1.54, 1.807) is 13.8 Å². The van der Waals surface area contributed by atoms with E-state index < -0.39 is 79.7 Å². The lowest BCUT2D eigenvalue weighted by atomic mass is 10.3. The highest BCUT2D eigenvalue weighted by molar-refractivity contribution is 6.91. The Morgan fingerprint density at radius 2 is 0.683 bits per heavy atom. The normalized spacial score (nSPS) is 14.5. The molecule has 22 heteroatoms. The zero-order chi connectivity index (χ0) is 47.6. The fourth-order valence-corrected chi connectivity index (χ4v) is 34.5. The van der Waals surface area contributed by atoms with Crippen molar-refractivity contribution in [2.45, 2.75) is 169 Å². The van der Waals surface area contributed by atoms with E-state index in [4.69, 9.17) is 34.2 Å². The first-order valence-electron chi connectivity index (χ1n) is 21.3. The molecule has 2 atom stereocenters. The molecule has 0 radical (unpaired) electrons. The maximum absolute atomic E-state index is 11.5. The molecule has 356 valence electrons. The Morgan fingerprint density at radius 3 is 0.867 bits per heavy atom. The molecular formula is C38H90N2O12Si8. The zero-order valence-electron chi connectivity index (χ0n) is 41.6. The molecule has 0 saturated carbocycles. The monoisotopic (exact) mass is 990 g/mol. The van der Waals surface area contributed by atoms with Crippen LogP contribution in [-0.2, 0) is 43.8 Å². The van der Waals surface area contributed by atoms with Gasteiger partial charge in [0.05, 0.1) is 25.4 Å². The second-order valence-corrected chi connectivity index (χ2v) is 55.3. The summed E-state index contributed by atoms with van der Waals surface area (Å²) in [4.78, 5) is 23.0. The largest absolute Gasteiger partial charge is 0.469 e. The Bertz CT molecular complexity index is 1130. The Morgan fingerprint density at radius 1 is 0.467 bits per heavy atom. The van der Waals surface area contributed by atoms with Crippen LogP contribution in [0.2, 0.25) is 130 Å². The molecule has 0 aromatic carbocycles. The SMILES string of the molecule is C=C(C)C(=O)NCC(O)COCCC[Si](O[Si](C)(C)C)(O[Si](C)(C)C)O[Si](C)(C)C.C=C(C)C(=O)NCC(O)COCCC[Si](O[Si](C)(C)C)(O[Si](C)(C)C)O[Si](C)(C)C. The number of rotatable bonds is 30. The zero-order valence-corrected chi connectivity index (χ0v) is 49.6. The van der Waals surface area contributed by atoms with Gasteiger partial charge in [0.15, 0.2) is 49.9 Å². The van der Waals surface area contributed by atoms with Gasteiger partial charge in [-0.1, -0.05) is 13.2 Å². The van der Waals surface area contributed by atoms with Gasteiger partial charge in [-0.05, 0) is 145 Å². The van der Waals surface area contributed by atoms with Crippen molar-refractivity contribution in [1.82, 2.24) is 10.6 Å². The Hall–Kier alpha value is -0.245. The summed E-state index contributed by atoms with van der Waals surface area (Å²) in [6, 6.07) is 1.41. The summed E-state index contributed by atoms with van der Waals surface area (Å²) in [6.07, 6.45) is -0.0532. The van der Waals surface area contributed by atoms with Gasteiger partial charge in [-0.25, -0.2) is 0 Å². The average Bonchev–Trinajstić information content (AvgIpc) is 2.96. The summed E-state index contributed by atoms with van der Waals surface area (Å²) < 4.78 is 51.1. The van der Waals surface area contributed by atoms with E-state index in [9.17, 15) is 19.8 Å². The van der Waals surface area contributed by atoms with Crippen LogP contribution in [0.15, 0.2) is 24.3 Å². The summed E-state index contributed by atoms with van der Waals surface area (Å²) in [5, 5.41) is 25.2. The fraction of sp³-hybridized carbons (Fsp3) is 0.842. The minimum Gasteiger partial charge on any atom is -0.417 e. The van der Waals surface area contributed by atoms with Gasteiger partial charge in [0, 0.05) is 49.5 Å². The fourth-order valence-electron chi connectivity index (χ4n) is 5.29. The molecule has 0 heterocycles. The van der Waals surface area contributed by atoms with E-state index in [2.05, 4.69) is 142 Å². The molecule has 2 unspecified atom stereocenters. The van der Waals surface area contributed by atoms with E-state index in [-0.39, 0.29) is 38.1 Å². The second kappa shape index (κ2) is 26.7. The number of hydrogen-bond acceptors (Lipinski definition) is 12. The van der Waals surface area contributed by atoms with Crippen molar-refractivity contribution in [3.8, 4) is 0 Å². The van der Waals surface area contributed by atoms with Crippen molar-refractivity contribution >= 4 is 79.3 Å². The molecule has 0 aromatic rings. The van der Waals surface area contributed by atoms with Crippen LogP contribution in [0.1, 0.15) is 26.7 Å². The summed E-state index contributed by atoms with van der Waals surface area (Å²) in [5.74, 6) is -0.527. The Kier molecular flexibility index (Phi) is 27.5. The van der Waals surface area contributed by atoms with Gasteiger partial charge in [-0.2, -0.15) is 0 Å². The maximum Gasteiger partial charge on any atom is 0.469 e. The molecule has 14 nitrogen and oxygen atoms in total. The number of aliphatic hydroxyl groups is 2. The molecule has 0 saturated heterocycles. The third-order valence-corrected chi connectivity index (χ3v) is 30.8. The van der Waals surface area contributed by atoms with E-state index >= 15 is 0 Å². The van der Waals surface area contributed by atoms with Crippen molar-refractivity contribution in [2.24, 2.45) is 0 Å². The Balaban J connectivity index is 0. The van der Waals surface area contributed by atoms with Crippen molar-refractivity contribution in [3.05, 3.63) is 24.3 Å². The van der Waals surface area contributed by atoms with Crippen LogP contribution < -0.4 is 10.6 Å². The lowest BCUT2D eigenvalue weighted by Crippen LogP contribution is -2.60. The average molecular weight is 992 g/mol. The molecule has 4 N–H and O–H groups in total. The van der Waals surface area contributed by atoms with Gasteiger partial charge in [-0.15, -0.1) is 0 Å². The highest BCUT2D eigenvalue weighted by Crippen LogP contribution is 2.31. The molecule has 0 aliphatic carbocycles. The van der Waals surface area contributed by atoms with Gasteiger partial charge in [0.25, 0.3) is 0 Å². The van der Waals surface area contributed by atoms with Crippen LogP contribution in [0.5, 0.6) is 0 Å². The highest BCUT2D eigenvalue weighted by atomic mass is 28.5. The minimum atomic E-state index is -2.85. The third kappa shape index (κ3) is 36.1. The van der Waals surface area contributed by atoms with Crippen molar-refractivity contribution in [2.75, 3.05) is 39.5 Å². The maximum atomic E-state index is 11.5.